The molecule has 0 aliphatic carbocycles. The summed E-state index contributed by atoms with van der Waals surface area (Å²) in [7, 11) is 1.12. The molecule has 2 aromatic carbocycles. The van der Waals surface area contributed by atoms with Crippen LogP contribution < -0.4 is 14.4 Å². The van der Waals surface area contributed by atoms with Gasteiger partial charge in [0.25, 0.3) is 5.91 Å². The van der Waals surface area contributed by atoms with Gasteiger partial charge in [0.15, 0.2) is 6.61 Å². The predicted octanol–water partition coefficient (Wildman–Crippen LogP) is 1.67. The lowest BCUT2D eigenvalue weighted by molar-refractivity contribution is -0.133. The first-order valence-electron chi connectivity index (χ1n) is 9.63. The van der Waals surface area contributed by atoms with Crippen molar-refractivity contribution in [1.29, 1.82) is 0 Å². The molecule has 0 aromatic heterocycles. The third-order valence-corrected chi connectivity index (χ3v) is 6.86. The van der Waals surface area contributed by atoms with Crippen LogP contribution >= 0.6 is 0 Å². The lowest BCUT2D eigenvalue weighted by Crippen LogP contribution is -2.50. The van der Waals surface area contributed by atoms with E-state index in [1.165, 1.54) is 26.2 Å². The van der Waals surface area contributed by atoms with Crippen LogP contribution in [0.15, 0.2) is 53.4 Å². The second kappa shape index (κ2) is 9.36. The fourth-order valence-corrected chi connectivity index (χ4v) is 4.06. The highest BCUT2D eigenvalue weighted by Gasteiger charge is 2.22. The van der Waals surface area contributed by atoms with E-state index in [2.05, 4.69) is 4.90 Å². The molecule has 1 aliphatic heterocycles. The van der Waals surface area contributed by atoms with Crippen molar-refractivity contribution in [3.8, 4) is 11.5 Å². The minimum Gasteiger partial charge on any atom is -0.497 e. The molecule has 0 atom stereocenters. The Labute approximate surface area is 177 Å². The summed E-state index contributed by atoms with van der Waals surface area (Å²) in [6, 6.07) is 14.0. The summed E-state index contributed by atoms with van der Waals surface area (Å²) in [5.74, 6) is 1.18. The highest BCUT2D eigenvalue weighted by molar-refractivity contribution is 7.89. The number of benzene rings is 2. The zero-order valence-corrected chi connectivity index (χ0v) is 18.3. The summed E-state index contributed by atoms with van der Waals surface area (Å²) in [5.41, 5.74) is 1.10. The molecule has 1 heterocycles. The zero-order chi connectivity index (χ0) is 21.7. The van der Waals surface area contributed by atoms with Crippen LogP contribution in [0, 0.1) is 0 Å². The van der Waals surface area contributed by atoms with Crippen molar-refractivity contribution in [1.82, 2.24) is 9.21 Å². The van der Waals surface area contributed by atoms with Gasteiger partial charge in [0, 0.05) is 46.0 Å². The first-order chi connectivity index (χ1) is 14.3. The van der Waals surface area contributed by atoms with Gasteiger partial charge in [-0.15, -0.1) is 0 Å². The summed E-state index contributed by atoms with van der Waals surface area (Å²) in [5, 5.41) is 0. The fourth-order valence-electron chi connectivity index (χ4n) is 3.16. The molecule has 0 radical (unpaired) electrons. The average Bonchev–Trinajstić information content (AvgIpc) is 2.78. The van der Waals surface area contributed by atoms with Crippen molar-refractivity contribution >= 4 is 21.6 Å². The van der Waals surface area contributed by atoms with Crippen molar-refractivity contribution in [3.05, 3.63) is 48.5 Å². The molecule has 8 nitrogen and oxygen atoms in total. The fraction of sp³-hybridized carbons (Fsp3) is 0.381. The molecule has 1 saturated heterocycles. The van der Waals surface area contributed by atoms with Crippen molar-refractivity contribution in [2.75, 3.05) is 58.9 Å². The van der Waals surface area contributed by atoms with Crippen LogP contribution in [0.1, 0.15) is 0 Å². The van der Waals surface area contributed by atoms with Gasteiger partial charge in [-0.2, -0.15) is 0 Å². The Balaban J connectivity index is 1.49. The van der Waals surface area contributed by atoms with Crippen LogP contribution in [0.2, 0.25) is 0 Å². The van der Waals surface area contributed by atoms with E-state index in [0.29, 0.717) is 18.8 Å². The number of rotatable bonds is 7. The Hall–Kier alpha value is -2.78. The topological polar surface area (TPSA) is 79.4 Å². The third kappa shape index (κ3) is 5.03. The van der Waals surface area contributed by atoms with Crippen LogP contribution in [0.25, 0.3) is 0 Å². The Morgan fingerprint density at radius 1 is 0.933 bits per heavy atom. The van der Waals surface area contributed by atoms with Gasteiger partial charge in [-0.1, -0.05) is 0 Å². The van der Waals surface area contributed by atoms with E-state index in [1.807, 2.05) is 24.3 Å². The Morgan fingerprint density at radius 3 is 2.03 bits per heavy atom. The van der Waals surface area contributed by atoms with Gasteiger partial charge >= 0.3 is 0 Å². The molecule has 9 heteroatoms. The first kappa shape index (κ1) is 21.9. The molecule has 162 valence electrons. The summed E-state index contributed by atoms with van der Waals surface area (Å²) >= 11 is 0. The molecule has 1 fully saturated rings. The SMILES string of the molecule is COc1ccc(N2CCN(C(=O)COc3ccc(S(=O)(=O)N(C)C)cc3)CC2)cc1. The van der Waals surface area contributed by atoms with Crippen molar-refractivity contribution in [3.63, 3.8) is 0 Å². The molecule has 0 unspecified atom stereocenters. The molecule has 2 aromatic rings. The summed E-state index contributed by atoms with van der Waals surface area (Å²) in [6.45, 7) is 2.65. The number of amides is 1. The number of nitrogens with zero attached hydrogens (tertiary/aromatic N) is 3. The van der Waals surface area contributed by atoms with Gasteiger partial charge in [-0.05, 0) is 48.5 Å². The lowest BCUT2D eigenvalue weighted by atomic mass is 10.2. The quantitative estimate of drug-likeness (QED) is 0.661. The second-order valence-electron chi connectivity index (χ2n) is 7.11. The van der Waals surface area contributed by atoms with Crippen molar-refractivity contribution < 1.29 is 22.7 Å². The molecule has 1 amide bonds. The summed E-state index contributed by atoms with van der Waals surface area (Å²) < 4.78 is 36.1. The molecule has 0 bridgehead atoms. The monoisotopic (exact) mass is 433 g/mol. The molecule has 3 rings (SSSR count). The highest BCUT2D eigenvalue weighted by Crippen LogP contribution is 2.21. The van der Waals surface area contributed by atoms with Gasteiger partial charge in [0.1, 0.15) is 11.5 Å². The highest BCUT2D eigenvalue weighted by atomic mass is 32.2. The van der Waals surface area contributed by atoms with E-state index in [9.17, 15) is 13.2 Å². The maximum Gasteiger partial charge on any atom is 0.260 e. The van der Waals surface area contributed by atoms with Crippen LogP contribution in [-0.2, 0) is 14.8 Å². The number of anilines is 1. The van der Waals surface area contributed by atoms with Crippen molar-refractivity contribution in [2.45, 2.75) is 4.90 Å². The van der Waals surface area contributed by atoms with Crippen LogP contribution in [-0.4, -0.2) is 77.5 Å². The molecule has 1 aliphatic rings. The molecular weight excluding hydrogens is 406 g/mol. The van der Waals surface area contributed by atoms with Gasteiger partial charge in [0.2, 0.25) is 10.0 Å². The average molecular weight is 434 g/mol. The largest absolute Gasteiger partial charge is 0.497 e. The summed E-state index contributed by atoms with van der Waals surface area (Å²) in [4.78, 5) is 16.7. The zero-order valence-electron chi connectivity index (χ0n) is 17.4. The standard InChI is InChI=1S/C21H27N3O5S/c1-22(2)30(26,27)20-10-8-19(9-11-20)29-16-21(25)24-14-12-23(13-15-24)17-4-6-18(28-3)7-5-17/h4-11H,12-16H2,1-3H3. The Morgan fingerprint density at radius 2 is 1.50 bits per heavy atom. The van der Waals surface area contributed by atoms with Gasteiger partial charge in [-0.25, -0.2) is 12.7 Å². The molecule has 30 heavy (non-hydrogen) atoms. The molecular formula is C21H27N3O5S. The first-order valence-corrected chi connectivity index (χ1v) is 11.1. The van der Waals surface area contributed by atoms with E-state index in [4.69, 9.17) is 9.47 Å². The summed E-state index contributed by atoms with van der Waals surface area (Å²) in [6.07, 6.45) is 0. The molecule has 0 N–H and O–H groups in total. The third-order valence-electron chi connectivity index (χ3n) is 5.03. The van der Waals surface area contributed by atoms with Crippen molar-refractivity contribution in [2.24, 2.45) is 0 Å². The van der Waals surface area contributed by atoms with Crippen LogP contribution in [0.3, 0.4) is 0 Å². The molecule has 0 saturated carbocycles. The second-order valence-corrected chi connectivity index (χ2v) is 9.27. The van der Waals surface area contributed by atoms with E-state index >= 15 is 0 Å². The number of methoxy groups -OCH3 is 1. The number of carbonyl (C=O) groups excluding carboxylic acids is 1. The Bertz CT molecular complexity index is 951. The Kier molecular flexibility index (Phi) is 6.84. The number of ether oxygens (including phenoxy) is 2. The molecule has 0 spiro atoms. The van der Waals surface area contributed by atoms with E-state index in [0.717, 1.165) is 28.8 Å². The van der Waals surface area contributed by atoms with Crippen LogP contribution in [0.5, 0.6) is 11.5 Å². The number of hydrogen-bond acceptors (Lipinski definition) is 6. The van der Waals surface area contributed by atoms with Gasteiger partial charge in [-0.3, -0.25) is 4.79 Å². The number of piperazine rings is 1. The minimum absolute atomic E-state index is 0.0810. The van der Waals surface area contributed by atoms with E-state index < -0.39 is 10.0 Å². The van der Waals surface area contributed by atoms with E-state index in [1.54, 1.807) is 24.1 Å². The predicted molar refractivity (Wildman–Crippen MR) is 115 cm³/mol. The maximum absolute atomic E-state index is 12.5. The van der Waals surface area contributed by atoms with E-state index in [-0.39, 0.29) is 17.4 Å². The van der Waals surface area contributed by atoms with Gasteiger partial charge in [0.05, 0.1) is 12.0 Å². The lowest BCUT2D eigenvalue weighted by Gasteiger charge is -2.36. The number of sulfonamides is 1. The number of hydrogen-bond donors (Lipinski definition) is 0. The maximum atomic E-state index is 12.5. The normalized spacial score (nSPS) is 14.7. The number of carbonyl (C=O) groups is 1. The minimum atomic E-state index is -3.48. The van der Waals surface area contributed by atoms with Crippen LogP contribution in [0.4, 0.5) is 5.69 Å². The van der Waals surface area contributed by atoms with Gasteiger partial charge < -0.3 is 19.3 Å². The smallest absolute Gasteiger partial charge is 0.260 e.